The molecule has 0 aliphatic carbocycles. The van der Waals surface area contributed by atoms with Crippen LogP contribution in [0.5, 0.6) is 5.75 Å². The Kier molecular flexibility index (Phi) is 3.51. The molecule has 3 nitrogen and oxygen atoms in total. The highest BCUT2D eigenvalue weighted by atomic mass is 16.5. The predicted octanol–water partition coefficient (Wildman–Crippen LogP) is 3.21. The minimum Gasteiger partial charge on any atom is -0.508 e. The lowest BCUT2D eigenvalue weighted by atomic mass is 9.95. The molecule has 0 saturated heterocycles. The monoisotopic (exact) mass is 244 g/mol. The third kappa shape index (κ3) is 2.30. The van der Waals surface area contributed by atoms with Crippen molar-refractivity contribution in [3.05, 3.63) is 42.0 Å². The van der Waals surface area contributed by atoms with E-state index in [4.69, 9.17) is 4.74 Å². The van der Waals surface area contributed by atoms with Gasteiger partial charge in [0.1, 0.15) is 5.75 Å². The van der Waals surface area contributed by atoms with Crippen LogP contribution in [-0.4, -0.2) is 17.7 Å². The lowest BCUT2D eigenvalue weighted by Gasteiger charge is -2.13. The molecule has 0 aliphatic heterocycles. The number of phenolic OH excluding ortho intramolecular Hbond substituents is 1. The Labute approximate surface area is 106 Å². The number of carbonyl (C=O) groups excluding carboxylic acids is 1. The lowest BCUT2D eigenvalue weighted by Crippen LogP contribution is -2.13. The molecule has 1 N–H and O–H groups in total. The topological polar surface area (TPSA) is 46.5 Å². The SMILES string of the molecule is CCOC(=O)C(C)c1cccc2ccc(O)cc12. The number of ether oxygens (including phenoxy) is 1. The quantitative estimate of drug-likeness (QED) is 0.843. The Morgan fingerprint density at radius 2 is 2.11 bits per heavy atom. The van der Waals surface area contributed by atoms with Gasteiger partial charge in [-0.3, -0.25) is 4.79 Å². The van der Waals surface area contributed by atoms with Gasteiger partial charge in [-0.15, -0.1) is 0 Å². The Morgan fingerprint density at radius 1 is 1.33 bits per heavy atom. The first kappa shape index (κ1) is 12.4. The standard InChI is InChI=1S/C15H16O3/c1-3-18-15(17)10(2)13-6-4-5-11-7-8-12(16)9-14(11)13/h4-10,16H,3H2,1-2H3. The number of benzene rings is 2. The van der Waals surface area contributed by atoms with E-state index in [2.05, 4.69) is 0 Å². The summed E-state index contributed by atoms with van der Waals surface area (Å²) in [5.41, 5.74) is 0.877. The lowest BCUT2D eigenvalue weighted by molar-refractivity contribution is -0.144. The Hall–Kier alpha value is -2.03. The number of fused-ring (bicyclic) bond motifs is 1. The summed E-state index contributed by atoms with van der Waals surface area (Å²) in [6.45, 7) is 3.98. The maximum absolute atomic E-state index is 11.8. The van der Waals surface area contributed by atoms with Crippen molar-refractivity contribution in [1.29, 1.82) is 0 Å². The molecule has 18 heavy (non-hydrogen) atoms. The summed E-state index contributed by atoms with van der Waals surface area (Å²) in [6, 6.07) is 10.9. The van der Waals surface area contributed by atoms with E-state index < -0.39 is 0 Å². The van der Waals surface area contributed by atoms with E-state index in [1.165, 1.54) is 0 Å². The van der Waals surface area contributed by atoms with Gasteiger partial charge in [-0.1, -0.05) is 24.3 Å². The van der Waals surface area contributed by atoms with Crippen molar-refractivity contribution in [3.8, 4) is 5.75 Å². The molecule has 94 valence electrons. The van der Waals surface area contributed by atoms with Crippen molar-refractivity contribution in [1.82, 2.24) is 0 Å². The Bertz CT molecular complexity index is 575. The van der Waals surface area contributed by atoms with Crippen LogP contribution in [0.3, 0.4) is 0 Å². The van der Waals surface area contributed by atoms with Crippen LogP contribution in [0.15, 0.2) is 36.4 Å². The van der Waals surface area contributed by atoms with E-state index in [0.717, 1.165) is 16.3 Å². The van der Waals surface area contributed by atoms with Crippen molar-refractivity contribution >= 4 is 16.7 Å². The number of aromatic hydroxyl groups is 1. The minimum atomic E-state index is -0.338. The number of phenols is 1. The Balaban J connectivity index is 2.50. The van der Waals surface area contributed by atoms with E-state index in [1.54, 1.807) is 19.1 Å². The van der Waals surface area contributed by atoms with Crippen LogP contribution in [0.25, 0.3) is 10.8 Å². The normalized spacial score (nSPS) is 12.3. The van der Waals surface area contributed by atoms with Crippen LogP contribution in [0.1, 0.15) is 25.3 Å². The minimum absolute atomic E-state index is 0.200. The van der Waals surface area contributed by atoms with Crippen LogP contribution >= 0.6 is 0 Å². The van der Waals surface area contributed by atoms with Crippen LogP contribution in [-0.2, 0) is 9.53 Å². The fourth-order valence-corrected chi connectivity index (χ4v) is 2.06. The van der Waals surface area contributed by atoms with E-state index in [0.29, 0.717) is 6.61 Å². The van der Waals surface area contributed by atoms with E-state index >= 15 is 0 Å². The molecule has 0 radical (unpaired) electrons. The molecule has 0 saturated carbocycles. The maximum Gasteiger partial charge on any atom is 0.313 e. The zero-order valence-electron chi connectivity index (χ0n) is 10.5. The molecule has 1 atom stereocenters. The number of carbonyl (C=O) groups is 1. The van der Waals surface area contributed by atoms with Crippen molar-refractivity contribution in [2.75, 3.05) is 6.61 Å². The first-order valence-electron chi connectivity index (χ1n) is 6.01. The summed E-state index contributed by atoms with van der Waals surface area (Å²) in [6.07, 6.45) is 0. The zero-order chi connectivity index (χ0) is 13.1. The molecule has 0 aromatic heterocycles. The van der Waals surface area contributed by atoms with E-state index in [-0.39, 0.29) is 17.6 Å². The smallest absolute Gasteiger partial charge is 0.313 e. The second kappa shape index (κ2) is 5.08. The van der Waals surface area contributed by atoms with E-state index in [1.807, 2.05) is 31.2 Å². The number of hydrogen-bond acceptors (Lipinski definition) is 3. The van der Waals surface area contributed by atoms with Gasteiger partial charge in [0.2, 0.25) is 0 Å². The predicted molar refractivity (Wildman–Crippen MR) is 70.7 cm³/mol. The largest absolute Gasteiger partial charge is 0.508 e. The van der Waals surface area contributed by atoms with Crippen molar-refractivity contribution in [2.45, 2.75) is 19.8 Å². The van der Waals surface area contributed by atoms with Crippen LogP contribution in [0, 0.1) is 0 Å². The summed E-state index contributed by atoms with van der Waals surface area (Å²) < 4.78 is 5.04. The third-order valence-corrected chi connectivity index (χ3v) is 3.01. The van der Waals surface area contributed by atoms with Gasteiger partial charge in [0, 0.05) is 0 Å². The average Bonchev–Trinajstić information content (AvgIpc) is 2.37. The highest BCUT2D eigenvalue weighted by molar-refractivity contribution is 5.91. The maximum atomic E-state index is 11.8. The first-order chi connectivity index (χ1) is 8.63. The summed E-state index contributed by atoms with van der Waals surface area (Å²) >= 11 is 0. The number of hydrogen-bond donors (Lipinski definition) is 1. The molecule has 2 aromatic carbocycles. The van der Waals surface area contributed by atoms with Gasteiger partial charge >= 0.3 is 5.97 Å². The van der Waals surface area contributed by atoms with Crippen LogP contribution in [0.4, 0.5) is 0 Å². The molecule has 0 heterocycles. The zero-order valence-corrected chi connectivity index (χ0v) is 10.5. The second-order valence-corrected chi connectivity index (χ2v) is 4.23. The van der Waals surface area contributed by atoms with Gasteiger partial charge in [0.05, 0.1) is 12.5 Å². The summed E-state index contributed by atoms with van der Waals surface area (Å²) in [5, 5.41) is 11.5. The number of esters is 1. The van der Waals surface area contributed by atoms with Gasteiger partial charge in [-0.2, -0.15) is 0 Å². The average molecular weight is 244 g/mol. The summed E-state index contributed by atoms with van der Waals surface area (Å²) in [7, 11) is 0. The summed E-state index contributed by atoms with van der Waals surface area (Å²) in [4.78, 5) is 11.8. The van der Waals surface area contributed by atoms with Gasteiger partial charge in [0.15, 0.2) is 0 Å². The molecule has 0 amide bonds. The molecular formula is C15H16O3. The van der Waals surface area contributed by atoms with E-state index in [9.17, 15) is 9.90 Å². The fourth-order valence-electron chi connectivity index (χ4n) is 2.06. The van der Waals surface area contributed by atoms with Crippen molar-refractivity contribution in [3.63, 3.8) is 0 Å². The second-order valence-electron chi connectivity index (χ2n) is 4.23. The van der Waals surface area contributed by atoms with Gasteiger partial charge in [-0.05, 0) is 42.3 Å². The highest BCUT2D eigenvalue weighted by Gasteiger charge is 2.18. The molecule has 1 unspecified atom stereocenters. The fraction of sp³-hybridized carbons (Fsp3) is 0.267. The summed E-state index contributed by atoms with van der Waals surface area (Å²) in [5.74, 6) is -0.380. The molecule has 3 heteroatoms. The molecule has 0 aliphatic rings. The number of rotatable bonds is 3. The van der Waals surface area contributed by atoms with Gasteiger partial charge in [0.25, 0.3) is 0 Å². The van der Waals surface area contributed by atoms with Gasteiger partial charge < -0.3 is 9.84 Å². The van der Waals surface area contributed by atoms with Crippen LogP contribution in [0.2, 0.25) is 0 Å². The van der Waals surface area contributed by atoms with Crippen LogP contribution < -0.4 is 0 Å². The highest BCUT2D eigenvalue weighted by Crippen LogP contribution is 2.29. The molecule has 2 rings (SSSR count). The third-order valence-electron chi connectivity index (χ3n) is 3.01. The van der Waals surface area contributed by atoms with Gasteiger partial charge in [-0.25, -0.2) is 0 Å². The molecule has 2 aromatic rings. The molecule has 0 spiro atoms. The Morgan fingerprint density at radius 3 is 2.83 bits per heavy atom. The molecule has 0 fully saturated rings. The molecular weight excluding hydrogens is 228 g/mol. The molecule has 0 bridgehead atoms. The first-order valence-corrected chi connectivity index (χ1v) is 6.01. The van der Waals surface area contributed by atoms with Crippen molar-refractivity contribution in [2.24, 2.45) is 0 Å². The van der Waals surface area contributed by atoms with Crippen molar-refractivity contribution < 1.29 is 14.6 Å².